The molecule has 1 heterocycles. The molecule has 1 aromatic heterocycles. The number of nitrogens with one attached hydrogen (secondary N) is 2. The van der Waals surface area contributed by atoms with E-state index in [0.29, 0.717) is 17.4 Å². The van der Waals surface area contributed by atoms with Crippen molar-refractivity contribution in [2.75, 3.05) is 5.43 Å². The molecule has 2 rings (SSSR count). The summed E-state index contributed by atoms with van der Waals surface area (Å²) < 4.78 is 0. The van der Waals surface area contributed by atoms with E-state index >= 15 is 0 Å². The SMILES string of the molecule is O=C(Cc1ccccc1)NNc1cccc(Cl)n1. The molecule has 2 aromatic rings. The highest BCUT2D eigenvalue weighted by atomic mass is 35.5. The number of pyridine rings is 1. The van der Waals surface area contributed by atoms with Gasteiger partial charge >= 0.3 is 0 Å². The normalized spacial score (nSPS) is 9.83. The third kappa shape index (κ3) is 3.75. The van der Waals surface area contributed by atoms with Crippen molar-refractivity contribution < 1.29 is 4.79 Å². The van der Waals surface area contributed by atoms with E-state index in [2.05, 4.69) is 15.8 Å². The zero-order valence-electron chi connectivity index (χ0n) is 9.56. The van der Waals surface area contributed by atoms with Crippen LogP contribution in [0.3, 0.4) is 0 Å². The number of nitrogens with zero attached hydrogens (tertiary/aromatic N) is 1. The van der Waals surface area contributed by atoms with Gasteiger partial charge in [0.2, 0.25) is 5.91 Å². The number of hydrogen-bond donors (Lipinski definition) is 2. The molecule has 18 heavy (non-hydrogen) atoms. The topological polar surface area (TPSA) is 54.0 Å². The first-order valence-electron chi connectivity index (χ1n) is 5.45. The molecular weight excluding hydrogens is 250 g/mol. The Bertz CT molecular complexity index is 531. The maximum Gasteiger partial charge on any atom is 0.242 e. The number of aromatic nitrogens is 1. The monoisotopic (exact) mass is 261 g/mol. The van der Waals surface area contributed by atoms with Crippen molar-refractivity contribution in [3.05, 3.63) is 59.2 Å². The lowest BCUT2D eigenvalue weighted by Crippen LogP contribution is -2.31. The number of rotatable bonds is 4. The van der Waals surface area contributed by atoms with Gasteiger partial charge in [0.1, 0.15) is 11.0 Å². The largest absolute Gasteiger partial charge is 0.282 e. The predicted octanol–water partition coefficient (Wildman–Crippen LogP) is 2.42. The fourth-order valence-corrected chi connectivity index (χ4v) is 1.60. The van der Waals surface area contributed by atoms with E-state index in [-0.39, 0.29) is 5.91 Å². The fraction of sp³-hybridized carbons (Fsp3) is 0.0769. The number of carbonyl (C=O) groups is 1. The number of benzene rings is 1. The lowest BCUT2D eigenvalue weighted by Gasteiger charge is -2.07. The summed E-state index contributed by atoms with van der Waals surface area (Å²) in [6, 6.07) is 14.6. The van der Waals surface area contributed by atoms with Gasteiger partial charge in [-0.05, 0) is 17.7 Å². The molecule has 0 unspecified atom stereocenters. The van der Waals surface area contributed by atoms with Gasteiger partial charge in [0.05, 0.1) is 6.42 Å². The number of hydrogen-bond acceptors (Lipinski definition) is 3. The number of anilines is 1. The van der Waals surface area contributed by atoms with E-state index < -0.39 is 0 Å². The molecule has 0 bridgehead atoms. The summed E-state index contributed by atoms with van der Waals surface area (Å²) in [6.45, 7) is 0. The predicted molar refractivity (Wildman–Crippen MR) is 71.2 cm³/mol. The molecule has 0 spiro atoms. The van der Waals surface area contributed by atoms with Gasteiger partial charge in [-0.3, -0.25) is 15.6 Å². The van der Waals surface area contributed by atoms with Gasteiger partial charge in [-0.15, -0.1) is 0 Å². The molecule has 5 heteroatoms. The van der Waals surface area contributed by atoms with E-state index in [1.807, 2.05) is 30.3 Å². The Morgan fingerprint density at radius 1 is 1.11 bits per heavy atom. The minimum absolute atomic E-state index is 0.136. The Balaban J connectivity index is 1.85. The maximum absolute atomic E-state index is 11.6. The summed E-state index contributed by atoms with van der Waals surface area (Å²) in [5.41, 5.74) is 6.23. The highest BCUT2D eigenvalue weighted by molar-refractivity contribution is 6.29. The Kier molecular flexibility index (Phi) is 4.15. The Morgan fingerprint density at radius 3 is 2.61 bits per heavy atom. The van der Waals surface area contributed by atoms with Crippen LogP contribution in [-0.4, -0.2) is 10.9 Å². The molecule has 0 aliphatic heterocycles. The van der Waals surface area contributed by atoms with Gasteiger partial charge in [-0.1, -0.05) is 48.0 Å². The molecule has 92 valence electrons. The summed E-state index contributed by atoms with van der Waals surface area (Å²) >= 11 is 5.73. The maximum atomic E-state index is 11.6. The van der Waals surface area contributed by atoms with Crippen molar-refractivity contribution in [2.24, 2.45) is 0 Å². The molecule has 0 saturated heterocycles. The van der Waals surface area contributed by atoms with Crippen LogP contribution >= 0.6 is 11.6 Å². The average molecular weight is 262 g/mol. The molecule has 0 fully saturated rings. The summed E-state index contributed by atoms with van der Waals surface area (Å²) in [6.07, 6.45) is 0.314. The Hall–Kier alpha value is -2.07. The van der Waals surface area contributed by atoms with Crippen LogP contribution in [0.1, 0.15) is 5.56 Å². The summed E-state index contributed by atoms with van der Waals surface area (Å²) in [4.78, 5) is 15.6. The van der Waals surface area contributed by atoms with Gasteiger partial charge in [-0.2, -0.15) is 0 Å². The van der Waals surface area contributed by atoms with Crippen molar-refractivity contribution in [1.82, 2.24) is 10.4 Å². The van der Waals surface area contributed by atoms with Crippen molar-refractivity contribution >= 4 is 23.3 Å². The number of hydrazine groups is 1. The molecule has 1 amide bonds. The van der Waals surface area contributed by atoms with Gasteiger partial charge in [0.25, 0.3) is 0 Å². The zero-order chi connectivity index (χ0) is 12.8. The highest BCUT2D eigenvalue weighted by Crippen LogP contribution is 2.08. The van der Waals surface area contributed by atoms with Crippen molar-refractivity contribution in [3.63, 3.8) is 0 Å². The summed E-state index contributed by atoms with van der Waals surface area (Å²) in [5, 5.41) is 0.373. The van der Waals surface area contributed by atoms with E-state index in [1.165, 1.54) is 0 Å². The van der Waals surface area contributed by atoms with Crippen LogP contribution < -0.4 is 10.9 Å². The Morgan fingerprint density at radius 2 is 1.89 bits per heavy atom. The zero-order valence-corrected chi connectivity index (χ0v) is 10.3. The van der Waals surface area contributed by atoms with Crippen LogP contribution in [0.5, 0.6) is 0 Å². The van der Waals surface area contributed by atoms with Crippen molar-refractivity contribution in [3.8, 4) is 0 Å². The first-order valence-corrected chi connectivity index (χ1v) is 5.83. The van der Waals surface area contributed by atoms with Crippen LogP contribution in [0, 0.1) is 0 Å². The van der Waals surface area contributed by atoms with Crippen LogP contribution in [0.4, 0.5) is 5.82 Å². The fourth-order valence-electron chi connectivity index (χ4n) is 1.44. The molecule has 2 N–H and O–H groups in total. The quantitative estimate of drug-likeness (QED) is 0.656. The standard InChI is InChI=1S/C13H12ClN3O/c14-11-7-4-8-12(15-11)16-17-13(18)9-10-5-2-1-3-6-10/h1-8H,9H2,(H,15,16)(H,17,18). The molecule has 0 saturated carbocycles. The first-order chi connectivity index (χ1) is 8.74. The second-order valence-corrected chi connectivity index (χ2v) is 4.07. The lowest BCUT2D eigenvalue weighted by atomic mass is 10.1. The van der Waals surface area contributed by atoms with Crippen LogP contribution in [-0.2, 0) is 11.2 Å². The molecule has 0 aliphatic rings. The smallest absolute Gasteiger partial charge is 0.242 e. The Labute approximate surface area is 110 Å². The van der Waals surface area contributed by atoms with Crippen LogP contribution in [0.2, 0.25) is 5.15 Å². The van der Waals surface area contributed by atoms with Gasteiger partial charge in [-0.25, -0.2) is 4.98 Å². The molecule has 0 radical (unpaired) electrons. The molecule has 0 aliphatic carbocycles. The van der Waals surface area contributed by atoms with Gasteiger partial charge in [0.15, 0.2) is 0 Å². The van der Waals surface area contributed by atoms with Gasteiger partial charge < -0.3 is 0 Å². The van der Waals surface area contributed by atoms with Gasteiger partial charge in [0, 0.05) is 0 Å². The molecular formula is C13H12ClN3O. The molecule has 4 nitrogen and oxygen atoms in total. The first kappa shape index (κ1) is 12.4. The second-order valence-electron chi connectivity index (χ2n) is 3.68. The highest BCUT2D eigenvalue weighted by Gasteiger charge is 2.02. The number of halogens is 1. The van der Waals surface area contributed by atoms with E-state index in [4.69, 9.17) is 11.6 Å². The minimum Gasteiger partial charge on any atom is -0.282 e. The summed E-state index contributed by atoms with van der Waals surface area (Å²) in [5.74, 6) is 0.367. The number of carbonyl (C=O) groups excluding carboxylic acids is 1. The van der Waals surface area contributed by atoms with Crippen LogP contribution in [0.25, 0.3) is 0 Å². The molecule has 0 atom stereocenters. The average Bonchev–Trinajstić information content (AvgIpc) is 2.38. The third-order valence-electron chi connectivity index (χ3n) is 2.25. The van der Waals surface area contributed by atoms with E-state index in [9.17, 15) is 4.79 Å². The minimum atomic E-state index is -0.136. The van der Waals surface area contributed by atoms with E-state index in [1.54, 1.807) is 18.2 Å². The lowest BCUT2D eigenvalue weighted by molar-refractivity contribution is -0.119. The van der Waals surface area contributed by atoms with Crippen LogP contribution in [0.15, 0.2) is 48.5 Å². The number of amides is 1. The van der Waals surface area contributed by atoms with Crippen molar-refractivity contribution in [1.29, 1.82) is 0 Å². The van der Waals surface area contributed by atoms with Crippen molar-refractivity contribution in [2.45, 2.75) is 6.42 Å². The molecule has 1 aromatic carbocycles. The second kappa shape index (κ2) is 6.02. The third-order valence-corrected chi connectivity index (χ3v) is 2.46. The van der Waals surface area contributed by atoms with E-state index in [0.717, 1.165) is 5.56 Å². The summed E-state index contributed by atoms with van der Waals surface area (Å²) in [7, 11) is 0.